The molecule has 0 atom stereocenters. The van der Waals surface area contributed by atoms with E-state index >= 15 is 0 Å². The van der Waals surface area contributed by atoms with Crippen molar-refractivity contribution in [3.8, 4) is 11.4 Å². The predicted octanol–water partition coefficient (Wildman–Crippen LogP) is 3.29. The van der Waals surface area contributed by atoms with Crippen molar-refractivity contribution < 1.29 is 13.2 Å². The summed E-state index contributed by atoms with van der Waals surface area (Å²) in [5, 5.41) is 0.589. The third-order valence-electron chi connectivity index (χ3n) is 2.99. The van der Waals surface area contributed by atoms with Crippen LogP contribution in [0, 0.1) is 0 Å². The monoisotopic (exact) mass is 290 g/mol. The molecule has 2 N–H and O–H groups in total. The summed E-state index contributed by atoms with van der Waals surface area (Å²) in [6, 6.07) is 6.86. The average molecular weight is 290 g/mol. The molecule has 0 bridgehead atoms. The highest BCUT2D eigenvalue weighted by atomic mass is 19.4. The van der Waals surface area contributed by atoms with Crippen molar-refractivity contribution in [1.29, 1.82) is 0 Å². The van der Waals surface area contributed by atoms with Gasteiger partial charge < -0.3 is 5.73 Å². The van der Waals surface area contributed by atoms with Gasteiger partial charge in [-0.2, -0.15) is 13.2 Å². The number of rotatable bonds is 1. The van der Waals surface area contributed by atoms with Gasteiger partial charge in [-0.15, -0.1) is 0 Å². The molecule has 0 saturated heterocycles. The van der Waals surface area contributed by atoms with Crippen molar-refractivity contribution in [2.24, 2.45) is 0 Å². The minimum Gasteiger partial charge on any atom is -0.398 e. The van der Waals surface area contributed by atoms with Crippen LogP contribution in [-0.2, 0) is 6.18 Å². The lowest BCUT2D eigenvalue weighted by Crippen LogP contribution is -2.08. The zero-order chi connectivity index (χ0) is 15.0. The molecule has 0 radical (unpaired) electrons. The van der Waals surface area contributed by atoms with Crippen LogP contribution >= 0.6 is 0 Å². The van der Waals surface area contributed by atoms with Gasteiger partial charge in [-0.3, -0.25) is 4.98 Å². The SMILES string of the molecule is Nc1ccnc2nc(-c3ncccc3C(F)(F)F)ccc12. The molecular weight excluding hydrogens is 281 g/mol. The minimum atomic E-state index is -4.50. The van der Waals surface area contributed by atoms with Crippen LogP contribution in [0.1, 0.15) is 5.56 Å². The number of aromatic nitrogens is 3. The molecule has 0 aliphatic heterocycles. The normalized spacial score (nSPS) is 11.8. The Hall–Kier alpha value is -2.70. The van der Waals surface area contributed by atoms with Crippen molar-refractivity contribution in [3.05, 3.63) is 48.3 Å². The van der Waals surface area contributed by atoms with Crippen LogP contribution in [0.3, 0.4) is 0 Å². The number of anilines is 1. The molecule has 3 aromatic rings. The van der Waals surface area contributed by atoms with E-state index in [1.165, 1.54) is 24.5 Å². The Bertz CT molecular complexity index is 815. The van der Waals surface area contributed by atoms with Crippen molar-refractivity contribution in [2.45, 2.75) is 6.18 Å². The van der Waals surface area contributed by atoms with Crippen LogP contribution in [0.5, 0.6) is 0 Å². The molecule has 0 amide bonds. The fourth-order valence-electron chi connectivity index (χ4n) is 2.02. The topological polar surface area (TPSA) is 64.7 Å². The van der Waals surface area contributed by atoms with Crippen molar-refractivity contribution in [1.82, 2.24) is 15.0 Å². The van der Waals surface area contributed by atoms with Gasteiger partial charge in [0.05, 0.1) is 11.3 Å². The fourth-order valence-corrected chi connectivity index (χ4v) is 2.02. The highest BCUT2D eigenvalue weighted by Crippen LogP contribution is 2.35. The van der Waals surface area contributed by atoms with Gasteiger partial charge in [0.15, 0.2) is 5.65 Å². The Balaban J connectivity index is 2.22. The number of hydrogen-bond donors (Lipinski definition) is 1. The summed E-state index contributed by atoms with van der Waals surface area (Å²) in [5.41, 5.74) is 5.57. The van der Waals surface area contributed by atoms with Gasteiger partial charge in [0, 0.05) is 23.5 Å². The van der Waals surface area contributed by atoms with E-state index in [0.29, 0.717) is 11.1 Å². The second kappa shape index (κ2) is 4.69. The Morgan fingerprint density at radius 1 is 0.952 bits per heavy atom. The minimum absolute atomic E-state index is 0.105. The van der Waals surface area contributed by atoms with E-state index in [2.05, 4.69) is 15.0 Å². The van der Waals surface area contributed by atoms with E-state index < -0.39 is 11.7 Å². The number of halogens is 3. The number of nitrogens with two attached hydrogens (primary N) is 1. The van der Waals surface area contributed by atoms with Crippen molar-refractivity contribution >= 4 is 16.7 Å². The molecule has 0 aromatic carbocycles. The maximum atomic E-state index is 13.0. The van der Waals surface area contributed by atoms with Crippen LogP contribution in [0.15, 0.2) is 42.7 Å². The number of alkyl halides is 3. The molecule has 0 spiro atoms. The maximum Gasteiger partial charge on any atom is 0.418 e. The summed E-state index contributed by atoms with van der Waals surface area (Å²) in [5.74, 6) is 0. The van der Waals surface area contributed by atoms with Crippen molar-refractivity contribution in [2.75, 3.05) is 5.73 Å². The zero-order valence-corrected chi connectivity index (χ0v) is 10.6. The summed E-state index contributed by atoms with van der Waals surface area (Å²) >= 11 is 0. The standard InChI is InChI=1S/C14H9F3N4/c15-14(16,17)9-2-1-6-19-12(9)11-4-3-8-10(18)5-7-20-13(8)21-11/h1-7H,(H2,18,20,21). The van der Waals surface area contributed by atoms with E-state index in [4.69, 9.17) is 5.73 Å². The molecule has 0 saturated carbocycles. The molecule has 0 aliphatic carbocycles. The van der Waals surface area contributed by atoms with Crippen LogP contribution in [0.2, 0.25) is 0 Å². The van der Waals surface area contributed by atoms with E-state index in [1.54, 1.807) is 12.1 Å². The summed E-state index contributed by atoms with van der Waals surface area (Å²) in [7, 11) is 0. The fraction of sp³-hybridized carbons (Fsp3) is 0.0714. The lowest BCUT2D eigenvalue weighted by Gasteiger charge is -2.11. The lowest BCUT2D eigenvalue weighted by atomic mass is 10.1. The first-order valence-electron chi connectivity index (χ1n) is 6.00. The van der Waals surface area contributed by atoms with Gasteiger partial charge >= 0.3 is 6.18 Å². The highest BCUT2D eigenvalue weighted by molar-refractivity contribution is 5.88. The Morgan fingerprint density at radius 3 is 2.52 bits per heavy atom. The molecule has 0 unspecified atom stereocenters. The number of nitrogen functional groups attached to an aromatic ring is 1. The molecule has 3 aromatic heterocycles. The predicted molar refractivity (Wildman–Crippen MR) is 72.2 cm³/mol. The average Bonchev–Trinajstić information content (AvgIpc) is 2.46. The third-order valence-corrected chi connectivity index (χ3v) is 2.99. The highest BCUT2D eigenvalue weighted by Gasteiger charge is 2.34. The first-order valence-corrected chi connectivity index (χ1v) is 6.00. The number of pyridine rings is 3. The summed E-state index contributed by atoms with van der Waals surface area (Å²) < 4.78 is 39.0. The molecule has 3 heterocycles. The second-order valence-corrected chi connectivity index (χ2v) is 4.37. The Labute approximate surface area is 117 Å². The number of hydrogen-bond acceptors (Lipinski definition) is 4. The van der Waals surface area contributed by atoms with E-state index in [1.807, 2.05) is 0 Å². The molecule has 0 fully saturated rings. The van der Waals surface area contributed by atoms with Gasteiger partial charge in [-0.1, -0.05) is 0 Å². The van der Waals surface area contributed by atoms with E-state index in [0.717, 1.165) is 6.07 Å². The van der Waals surface area contributed by atoms with Gasteiger partial charge in [0.2, 0.25) is 0 Å². The van der Waals surface area contributed by atoms with Gasteiger partial charge in [0.1, 0.15) is 5.69 Å². The van der Waals surface area contributed by atoms with Gasteiger partial charge in [-0.25, -0.2) is 9.97 Å². The van der Waals surface area contributed by atoms with Crippen LogP contribution in [0.25, 0.3) is 22.4 Å². The van der Waals surface area contributed by atoms with Gasteiger partial charge in [-0.05, 0) is 30.3 Å². The molecule has 0 aliphatic rings. The Morgan fingerprint density at radius 2 is 1.76 bits per heavy atom. The second-order valence-electron chi connectivity index (χ2n) is 4.37. The smallest absolute Gasteiger partial charge is 0.398 e. The third kappa shape index (κ3) is 2.37. The van der Waals surface area contributed by atoms with E-state index in [-0.39, 0.29) is 17.0 Å². The molecule has 4 nitrogen and oxygen atoms in total. The summed E-state index contributed by atoms with van der Waals surface area (Å²) in [4.78, 5) is 11.9. The first-order chi connectivity index (χ1) is 9.97. The molecule has 3 rings (SSSR count). The van der Waals surface area contributed by atoms with Crippen molar-refractivity contribution in [3.63, 3.8) is 0 Å². The van der Waals surface area contributed by atoms with Crippen LogP contribution in [-0.4, -0.2) is 15.0 Å². The number of nitrogens with zero attached hydrogens (tertiary/aromatic N) is 3. The van der Waals surface area contributed by atoms with Crippen LogP contribution in [0.4, 0.5) is 18.9 Å². The Kier molecular flexibility index (Phi) is 2.97. The summed E-state index contributed by atoms with van der Waals surface area (Å²) in [6.45, 7) is 0. The number of fused-ring (bicyclic) bond motifs is 1. The first kappa shape index (κ1) is 13.3. The molecule has 21 heavy (non-hydrogen) atoms. The molecule has 7 heteroatoms. The summed E-state index contributed by atoms with van der Waals surface area (Å²) in [6.07, 6.45) is -1.75. The largest absolute Gasteiger partial charge is 0.418 e. The van der Waals surface area contributed by atoms with Crippen LogP contribution < -0.4 is 5.73 Å². The van der Waals surface area contributed by atoms with Gasteiger partial charge in [0.25, 0.3) is 0 Å². The molecule has 106 valence electrons. The lowest BCUT2D eigenvalue weighted by molar-refractivity contribution is -0.137. The maximum absolute atomic E-state index is 13.0. The molecular formula is C14H9F3N4. The van der Waals surface area contributed by atoms with E-state index in [9.17, 15) is 13.2 Å². The zero-order valence-electron chi connectivity index (χ0n) is 10.6. The quantitative estimate of drug-likeness (QED) is 0.747.